The molecule has 0 bridgehead atoms. The van der Waals surface area contributed by atoms with Gasteiger partial charge in [-0.05, 0) is 43.9 Å². The standard InChI is InChI=1S/C22H25NO3S/c1-15(24)19-11-12-20(27-19)21(25)23-14-13-22(26,16-7-3-2-4-8-16)17-9-5-6-10-18(17)23/h2-4,7-8,11-12,17-18,26H,5-6,9-10,13-14H2,1H3/t17-,18+,22+/m0/s1. The van der Waals surface area contributed by atoms with Crippen molar-refractivity contribution in [3.63, 3.8) is 0 Å². The second-order valence-electron chi connectivity index (χ2n) is 7.72. The van der Waals surface area contributed by atoms with Crippen LogP contribution < -0.4 is 0 Å². The molecule has 0 unspecified atom stereocenters. The molecule has 1 saturated heterocycles. The Labute approximate surface area is 163 Å². The van der Waals surface area contributed by atoms with Crippen LogP contribution in [0.4, 0.5) is 0 Å². The van der Waals surface area contributed by atoms with Gasteiger partial charge in [-0.25, -0.2) is 0 Å². The summed E-state index contributed by atoms with van der Waals surface area (Å²) in [5.74, 6) is 0.0461. The molecule has 3 atom stereocenters. The minimum Gasteiger partial charge on any atom is -0.385 e. The quantitative estimate of drug-likeness (QED) is 0.807. The smallest absolute Gasteiger partial charge is 0.264 e. The predicted molar refractivity (Wildman–Crippen MR) is 106 cm³/mol. The van der Waals surface area contributed by atoms with Gasteiger partial charge in [-0.15, -0.1) is 11.3 Å². The highest BCUT2D eigenvalue weighted by Gasteiger charge is 2.50. The zero-order valence-electron chi connectivity index (χ0n) is 15.6. The van der Waals surface area contributed by atoms with E-state index in [9.17, 15) is 14.7 Å². The molecule has 1 aliphatic heterocycles. The van der Waals surface area contributed by atoms with Crippen LogP contribution in [-0.4, -0.2) is 34.3 Å². The van der Waals surface area contributed by atoms with Crippen molar-refractivity contribution >= 4 is 23.0 Å². The Morgan fingerprint density at radius 1 is 1.07 bits per heavy atom. The molecule has 0 radical (unpaired) electrons. The third-order valence-corrected chi connectivity index (χ3v) is 7.35. The second kappa shape index (κ2) is 7.21. The first-order valence-corrected chi connectivity index (χ1v) is 10.5. The molecule has 4 rings (SSSR count). The lowest BCUT2D eigenvalue weighted by molar-refractivity contribution is -0.110. The first-order chi connectivity index (χ1) is 13.0. The lowest BCUT2D eigenvalue weighted by Gasteiger charge is -2.52. The van der Waals surface area contributed by atoms with E-state index in [1.807, 2.05) is 35.2 Å². The third-order valence-electron chi connectivity index (χ3n) is 6.18. The van der Waals surface area contributed by atoms with Gasteiger partial charge in [0.2, 0.25) is 0 Å². The van der Waals surface area contributed by atoms with E-state index in [2.05, 4.69) is 0 Å². The second-order valence-corrected chi connectivity index (χ2v) is 8.80. The van der Waals surface area contributed by atoms with Crippen LogP contribution in [0.2, 0.25) is 0 Å². The zero-order chi connectivity index (χ0) is 19.0. The molecule has 1 aliphatic carbocycles. The number of likely N-dealkylation sites (tertiary alicyclic amines) is 1. The van der Waals surface area contributed by atoms with Crippen LogP contribution in [0.1, 0.15) is 63.9 Å². The Kier molecular flexibility index (Phi) is 4.91. The predicted octanol–water partition coefficient (Wildman–Crippen LogP) is 4.24. The summed E-state index contributed by atoms with van der Waals surface area (Å²) in [7, 11) is 0. The van der Waals surface area contributed by atoms with Gasteiger partial charge in [0.1, 0.15) is 0 Å². The van der Waals surface area contributed by atoms with Crippen molar-refractivity contribution in [2.75, 3.05) is 6.54 Å². The van der Waals surface area contributed by atoms with Crippen molar-refractivity contribution in [1.82, 2.24) is 4.90 Å². The van der Waals surface area contributed by atoms with Gasteiger partial charge in [-0.3, -0.25) is 9.59 Å². The zero-order valence-corrected chi connectivity index (χ0v) is 16.4. The van der Waals surface area contributed by atoms with Gasteiger partial charge in [-0.2, -0.15) is 0 Å². The van der Waals surface area contributed by atoms with Crippen molar-refractivity contribution in [2.24, 2.45) is 5.92 Å². The number of aliphatic hydroxyl groups is 1. The normalized spacial score (nSPS) is 27.9. The first-order valence-electron chi connectivity index (χ1n) is 9.70. The molecule has 2 aliphatic rings. The van der Waals surface area contributed by atoms with Gasteiger partial charge >= 0.3 is 0 Å². The summed E-state index contributed by atoms with van der Waals surface area (Å²) in [4.78, 5) is 28.0. The maximum Gasteiger partial charge on any atom is 0.264 e. The molecular weight excluding hydrogens is 358 g/mol. The molecule has 5 heteroatoms. The number of benzene rings is 1. The summed E-state index contributed by atoms with van der Waals surface area (Å²) in [6.07, 6.45) is 4.58. The van der Waals surface area contributed by atoms with Crippen molar-refractivity contribution in [1.29, 1.82) is 0 Å². The lowest BCUT2D eigenvalue weighted by atomic mass is 9.66. The van der Waals surface area contributed by atoms with Crippen LogP contribution >= 0.6 is 11.3 Å². The molecule has 142 valence electrons. The molecule has 1 amide bonds. The van der Waals surface area contributed by atoms with E-state index in [1.54, 1.807) is 12.1 Å². The molecule has 2 aromatic rings. The summed E-state index contributed by atoms with van der Waals surface area (Å²) >= 11 is 1.28. The number of amides is 1. The number of Topliss-reactive ketones (excluding diaryl/α,β-unsaturated/α-hetero) is 1. The van der Waals surface area contributed by atoms with Crippen molar-refractivity contribution in [3.05, 3.63) is 57.8 Å². The van der Waals surface area contributed by atoms with E-state index in [4.69, 9.17) is 0 Å². The number of ketones is 1. The Morgan fingerprint density at radius 2 is 1.78 bits per heavy atom. The number of hydrogen-bond acceptors (Lipinski definition) is 4. The number of carbonyl (C=O) groups is 2. The fraction of sp³-hybridized carbons (Fsp3) is 0.455. The van der Waals surface area contributed by atoms with Gasteiger partial charge in [0.15, 0.2) is 5.78 Å². The number of hydrogen-bond donors (Lipinski definition) is 1. The number of thiophene rings is 1. The van der Waals surface area contributed by atoms with E-state index < -0.39 is 5.60 Å². The maximum atomic E-state index is 13.2. The summed E-state index contributed by atoms with van der Waals surface area (Å²) in [5, 5.41) is 11.6. The van der Waals surface area contributed by atoms with Gasteiger partial charge in [0, 0.05) is 18.5 Å². The van der Waals surface area contributed by atoms with Crippen molar-refractivity contribution in [2.45, 2.75) is 50.7 Å². The first kappa shape index (κ1) is 18.4. The molecule has 1 aromatic heterocycles. The number of fused-ring (bicyclic) bond motifs is 1. The molecule has 1 aromatic carbocycles. The lowest BCUT2D eigenvalue weighted by Crippen LogP contribution is -2.58. The highest BCUT2D eigenvalue weighted by molar-refractivity contribution is 7.15. The third kappa shape index (κ3) is 3.23. The maximum absolute atomic E-state index is 13.2. The summed E-state index contributed by atoms with van der Waals surface area (Å²) in [6, 6.07) is 13.5. The SMILES string of the molecule is CC(=O)c1ccc(C(=O)N2CC[C@@](O)(c3ccccc3)[C@H]3CCCC[C@H]32)s1. The van der Waals surface area contributed by atoms with Crippen LogP contribution in [0, 0.1) is 5.92 Å². The highest BCUT2D eigenvalue weighted by Crippen LogP contribution is 2.47. The molecular formula is C22H25NO3S. The molecule has 27 heavy (non-hydrogen) atoms. The Hall–Kier alpha value is -1.98. The topological polar surface area (TPSA) is 57.6 Å². The molecule has 2 heterocycles. The van der Waals surface area contributed by atoms with E-state index in [0.717, 1.165) is 31.2 Å². The number of nitrogens with zero attached hydrogens (tertiary/aromatic N) is 1. The van der Waals surface area contributed by atoms with Crippen LogP contribution in [0.3, 0.4) is 0 Å². The fourth-order valence-electron chi connectivity index (χ4n) is 4.80. The van der Waals surface area contributed by atoms with Crippen molar-refractivity contribution in [3.8, 4) is 0 Å². The summed E-state index contributed by atoms with van der Waals surface area (Å²) < 4.78 is 0. The largest absolute Gasteiger partial charge is 0.385 e. The van der Waals surface area contributed by atoms with Gasteiger partial charge in [-0.1, -0.05) is 43.2 Å². The number of piperidine rings is 1. The summed E-state index contributed by atoms with van der Waals surface area (Å²) in [6.45, 7) is 2.07. The van der Waals surface area contributed by atoms with Crippen LogP contribution in [0.25, 0.3) is 0 Å². The average Bonchev–Trinajstić information content (AvgIpc) is 3.19. The Balaban J connectivity index is 1.63. The van der Waals surface area contributed by atoms with Gasteiger partial charge in [0.05, 0.1) is 15.4 Å². The van der Waals surface area contributed by atoms with Crippen molar-refractivity contribution < 1.29 is 14.7 Å². The monoisotopic (exact) mass is 383 g/mol. The molecule has 4 nitrogen and oxygen atoms in total. The van der Waals surface area contributed by atoms with E-state index in [0.29, 0.717) is 22.7 Å². The van der Waals surface area contributed by atoms with Crippen LogP contribution in [0.5, 0.6) is 0 Å². The molecule has 1 N–H and O–H groups in total. The average molecular weight is 384 g/mol. The molecule has 2 fully saturated rings. The Morgan fingerprint density at radius 3 is 2.48 bits per heavy atom. The van der Waals surface area contributed by atoms with E-state index in [1.165, 1.54) is 18.3 Å². The van der Waals surface area contributed by atoms with Crippen LogP contribution in [-0.2, 0) is 5.60 Å². The van der Waals surface area contributed by atoms with E-state index in [-0.39, 0.29) is 23.7 Å². The minimum atomic E-state index is -0.872. The number of rotatable bonds is 3. The van der Waals surface area contributed by atoms with Gasteiger partial charge in [0.25, 0.3) is 5.91 Å². The Bertz CT molecular complexity index is 846. The van der Waals surface area contributed by atoms with Gasteiger partial charge < -0.3 is 10.0 Å². The van der Waals surface area contributed by atoms with Crippen LogP contribution in [0.15, 0.2) is 42.5 Å². The molecule has 1 saturated carbocycles. The fourth-order valence-corrected chi connectivity index (χ4v) is 5.66. The number of carbonyl (C=O) groups excluding carboxylic acids is 2. The summed E-state index contributed by atoms with van der Waals surface area (Å²) in [5.41, 5.74) is 0.0901. The molecule has 0 spiro atoms. The highest BCUT2D eigenvalue weighted by atomic mass is 32.1. The minimum absolute atomic E-state index is 0.000452. The van der Waals surface area contributed by atoms with E-state index >= 15 is 0 Å².